The molecule has 0 aliphatic rings. The fourth-order valence-corrected chi connectivity index (χ4v) is 3.33. The summed E-state index contributed by atoms with van der Waals surface area (Å²) in [6.45, 7) is 1.66. The minimum absolute atomic E-state index is 0.322. The lowest BCUT2D eigenvalue weighted by Crippen LogP contribution is -2.37. The summed E-state index contributed by atoms with van der Waals surface area (Å²) in [5.41, 5.74) is 2.02. The fourth-order valence-electron chi connectivity index (χ4n) is 2.30. The van der Waals surface area contributed by atoms with Crippen LogP contribution in [0.2, 0.25) is 5.02 Å². The Morgan fingerprint density at radius 3 is 2.50 bits per heavy atom. The Kier molecular flexibility index (Phi) is 5.85. The summed E-state index contributed by atoms with van der Waals surface area (Å²) >= 11 is 5.92. The van der Waals surface area contributed by atoms with Gasteiger partial charge in [-0.3, -0.25) is 9.10 Å². The van der Waals surface area contributed by atoms with E-state index in [1.807, 2.05) is 25.1 Å². The second kappa shape index (κ2) is 7.68. The van der Waals surface area contributed by atoms with Gasteiger partial charge in [0.15, 0.2) is 0 Å². The van der Waals surface area contributed by atoms with Crippen molar-refractivity contribution in [2.24, 2.45) is 0 Å². The number of nitrogens with zero attached hydrogens (tertiary/aromatic N) is 1. The van der Waals surface area contributed by atoms with Crippen LogP contribution in [0.1, 0.15) is 12.5 Å². The third kappa shape index (κ3) is 4.72. The van der Waals surface area contributed by atoms with Gasteiger partial charge in [0, 0.05) is 10.7 Å². The standard InChI is InChI=1S/C17H19ClN2O3S/c1-3-13-7-4-5-10-16(13)19-17(21)12-20(24(2,22)23)15-9-6-8-14(18)11-15/h4-11H,3,12H2,1-2H3,(H,19,21). The number of amides is 1. The van der Waals surface area contributed by atoms with Crippen LogP contribution in [0.5, 0.6) is 0 Å². The van der Waals surface area contributed by atoms with Crippen molar-refractivity contribution >= 4 is 38.9 Å². The first-order valence-electron chi connectivity index (χ1n) is 7.42. The van der Waals surface area contributed by atoms with E-state index >= 15 is 0 Å². The summed E-state index contributed by atoms with van der Waals surface area (Å²) in [4.78, 5) is 12.3. The van der Waals surface area contributed by atoms with Crippen LogP contribution < -0.4 is 9.62 Å². The van der Waals surface area contributed by atoms with Gasteiger partial charge in [-0.2, -0.15) is 0 Å². The number of hydrogen-bond donors (Lipinski definition) is 1. The molecule has 0 saturated carbocycles. The summed E-state index contributed by atoms with van der Waals surface area (Å²) in [7, 11) is -3.62. The topological polar surface area (TPSA) is 66.5 Å². The molecule has 0 spiro atoms. The minimum Gasteiger partial charge on any atom is -0.324 e. The molecule has 0 bridgehead atoms. The lowest BCUT2D eigenvalue weighted by atomic mass is 10.1. The third-order valence-electron chi connectivity index (χ3n) is 3.46. The highest BCUT2D eigenvalue weighted by molar-refractivity contribution is 7.92. The van der Waals surface area contributed by atoms with Crippen molar-refractivity contribution in [2.45, 2.75) is 13.3 Å². The summed E-state index contributed by atoms with van der Waals surface area (Å²) < 4.78 is 25.1. The zero-order chi connectivity index (χ0) is 17.7. The molecule has 5 nitrogen and oxygen atoms in total. The first kappa shape index (κ1) is 18.3. The van der Waals surface area contributed by atoms with E-state index in [-0.39, 0.29) is 6.54 Å². The van der Waals surface area contributed by atoms with Crippen LogP contribution in [0.3, 0.4) is 0 Å². The highest BCUT2D eigenvalue weighted by Crippen LogP contribution is 2.22. The van der Waals surface area contributed by atoms with Crippen molar-refractivity contribution in [1.29, 1.82) is 0 Å². The van der Waals surface area contributed by atoms with E-state index in [1.54, 1.807) is 24.3 Å². The zero-order valence-corrected chi connectivity index (χ0v) is 15.1. The summed E-state index contributed by atoms with van der Waals surface area (Å²) in [6, 6.07) is 13.8. The first-order valence-corrected chi connectivity index (χ1v) is 9.65. The number of benzene rings is 2. The van der Waals surface area contributed by atoms with Gasteiger partial charge in [-0.15, -0.1) is 0 Å². The summed E-state index contributed by atoms with van der Waals surface area (Å²) in [6.07, 6.45) is 1.82. The molecule has 128 valence electrons. The van der Waals surface area contributed by atoms with Crippen LogP contribution in [0.15, 0.2) is 48.5 Å². The minimum atomic E-state index is -3.62. The molecule has 24 heavy (non-hydrogen) atoms. The molecule has 2 aromatic rings. The van der Waals surface area contributed by atoms with E-state index in [0.717, 1.165) is 22.5 Å². The maximum atomic E-state index is 12.3. The van der Waals surface area contributed by atoms with Gasteiger partial charge in [0.05, 0.1) is 11.9 Å². The molecule has 0 radical (unpaired) electrons. The zero-order valence-electron chi connectivity index (χ0n) is 13.5. The molecule has 0 aliphatic heterocycles. The highest BCUT2D eigenvalue weighted by atomic mass is 35.5. The number of para-hydroxylation sites is 1. The highest BCUT2D eigenvalue weighted by Gasteiger charge is 2.21. The monoisotopic (exact) mass is 366 g/mol. The van der Waals surface area contributed by atoms with Gasteiger partial charge in [0.25, 0.3) is 0 Å². The largest absolute Gasteiger partial charge is 0.324 e. The van der Waals surface area contributed by atoms with E-state index in [1.165, 1.54) is 6.07 Å². The van der Waals surface area contributed by atoms with E-state index < -0.39 is 15.9 Å². The molecule has 0 fully saturated rings. The number of aryl methyl sites for hydroxylation is 1. The second-order valence-electron chi connectivity index (χ2n) is 5.31. The van der Waals surface area contributed by atoms with Crippen LogP contribution in [-0.4, -0.2) is 27.1 Å². The maximum absolute atomic E-state index is 12.3. The molecular formula is C17H19ClN2O3S. The fraction of sp³-hybridized carbons (Fsp3) is 0.235. The maximum Gasteiger partial charge on any atom is 0.245 e. The second-order valence-corrected chi connectivity index (χ2v) is 7.65. The molecule has 0 unspecified atom stereocenters. The van der Waals surface area contributed by atoms with E-state index in [0.29, 0.717) is 16.4 Å². The molecule has 0 saturated heterocycles. The van der Waals surface area contributed by atoms with Crippen molar-refractivity contribution in [3.8, 4) is 0 Å². The van der Waals surface area contributed by atoms with E-state index in [9.17, 15) is 13.2 Å². The van der Waals surface area contributed by atoms with E-state index in [4.69, 9.17) is 11.6 Å². The van der Waals surface area contributed by atoms with Crippen LogP contribution in [0.4, 0.5) is 11.4 Å². The summed E-state index contributed by atoms with van der Waals surface area (Å²) in [5.74, 6) is -0.415. The van der Waals surface area contributed by atoms with Crippen molar-refractivity contribution in [3.05, 3.63) is 59.1 Å². The average Bonchev–Trinajstić information content (AvgIpc) is 2.52. The normalized spacial score (nSPS) is 11.1. The number of halogens is 1. The molecule has 1 N–H and O–H groups in total. The molecule has 2 aromatic carbocycles. The molecule has 0 aliphatic carbocycles. The van der Waals surface area contributed by atoms with Crippen LogP contribution >= 0.6 is 11.6 Å². The predicted molar refractivity (Wildman–Crippen MR) is 98.1 cm³/mol. The predicted octanol–water partition coefficient (Wildman–Crippen LogP) is 3.31. The number of carbonyl (C=O) groups excluding carboxylic acids is 1. The lowest BCUT2D eigenvalue weighted by molar-refractivity contribution is -0.114. The van der Waals surface area contributed by atoms with Gasteiger partial charge < -0.3 is 5.32 Å². The Bertz CT molecular complexity index is 837. The molecule has 0 aromatic heterocycles. The van der Waals surface area contributed by atoms with Gasteiger partial charge in [0.2, 0.25) is 15.9 Å². The van der Waals surface area contributed by atoms with Gasteiger partial charge in [-0.25, -0.2) is 8.42 Å². The molecule has 0 atom stereocenters. The van der Waals surface area contributed by atoms with Crippen LogP contribution in [0.25, 0.3) is 0 Å². The van der Waals surface area contributed by atoms with Crippen molar-refractivity contribution in [2.75, 3.05) is 22.4 Å². The lowest BCUT2D eigenvalue weighted by Gasteiger charge is -2.22. The van der Waals surface area contributed by atoms with Crippen LogP contribution in [-0.2, 0) is 21.2 Å². The Balaban J connectivity index is 2.23. The Hall–Kier alpha value is -2.05. The Labute approximate surface area is 147 Å². The number of carbonyl (C=O) groups is 1. The van der Waals surface area contributed by atoms with Gasteiger partial charge in [0.1, 0.15) is 6.54 Å². The number of nitrogens with one attached hydrogen (secondary N) is 1. The first-order chi connectivity index (χ1) is 11.3. The van der Waals surface area contributed by atoms with Crippen molar-refractivity contribution in [3.63, 3.8) is 0 Å². The number of hydrogen-bond acceptors (Lipinski definition) is 3. The summed E-state index contributed by atoms with van der Waals surface area (Å²) in [5, 5.41) is 3.17. The van der Waals surface area contributed by atoms with Gasteiger partial charge in [-0.1, -0.05) is 42.8 Å². The Morgan fingerprint density at radius 2 is 1.88 bits per heavy atom. The number of anilines is 2. The van der Waals surface area contributed by atoms with Crippen LogP contribution in [0, 0.1) is 0 Å². The molecule has 0 heterocycles. The molecule has 7 heteroatoms. The Morgan fingerprint density at radius 1 is 1.17 bits per heavy atom. The molecule has 2 rings (SSSR count). The SMILES string of the molecule is CCc1ccccc1NC(=O)CN(c1cccc(Cl)c1)S(C)(=O)=O. The van der Waals surface area contributed by atoms with Gasteiger partial charge in [-0.05, 0) is 36.2 Å². The smallest absolute Gasteiger partial charge is 0.245 e. The molecular weight excluding hydrogens is 348 g/mol. The van der Waals surface area contributed by atoms with Crippen molar-refractivity contribution in [1.82, 2.24) is 0 Å². The van der Waals surface area contributed by atoms with E-state index in [2.05, 4.69) is 5.32 Å². The van der Waals surface area contributed by atoms with Gasteiger partial charge >= 0.3 is 0 Å². The average molecular weight is 367 g/mol. The number of rotatable bonds is 6. The third-order valence-corrected chi connectivity index (χ3v) is 4.83. The number of sulfonamides is 1. The molecule has 1 amide bonds. The van der Waals surface area contributed by atoms with Crippen molar-refractivity contribution < 1.29 is 13.2 Å². The quantitative estimate of drug-likeness (QED) is 0.852.